The Bertz CT molecular complexity index is 1070. The van der Waals surface area contributed by atoms with Gasteiger partial charge in [-0.25, -0.2) is 0 Å². The van der Waals surface area contributed by atoms with Gasteiger partial charge in [-0.2, -0.15) is 13.2 Å². The molecule has 32 heavy (non-hydrogen) atoms. The van der Waals surface area contributed by atoms with Crippen LogP contribution in [0.5, 0.6) is 0 Å². The summed E-state index contributed by atoms with van der Waals surface area (Å²) in [5.74, 6) is -0.991. The van der Waals surface area contributed by atoms with Crippen LogP contribution in [0.25, 0.3) is 11.1 Å². The van der Waals surface area contributed by atoms with Gasteiger partial charge in [-0.1, -0.05) is 60.7 Å². The number of aliphatic carboxylic acids is 1. The van der Waals surface area contributed by atoms with E-state index >= 15 is 0 Å². The van der Waals surface area contributed by atoms with Gasteiger partial charge in [0.1, 0.15) is 0 Å². The van der Waals surface area contributed by atoms with Crippen molar-refractivity contribution >= 4 is 17.7 Å². The molecule has 1 heterocycles. The molecule has 2 unspecified atom stereocenters. The highest BCUT2D eigenvalue weighted by Crippen LogP contribution is 2.36. The van der Waals surface area contributed by atoms with Crippen molar-refractivity contribution in [1.82, 2.24) is 4.90 Å². The normalized spacial score (nSPS) is 18.8. The number of hydrogen-bond donors (Lipinski definition) is 1. The van der Waals surface area contributed by atoms with Crippen LogP contribution in [0.3, 0.4) is 0 Å². The van der Waals surface area contributed by atoms with E-state index in [0.717, 1.165) is 22.1 Å². The van der Waals surface area contributed by atoms with E-state index in [1.54, 1.807) is 6.07 Å². The maximum Gasteiger partial charge on any atom is 0.416 e. The van der Waals surface area contributed by atoms with E-state index in [1.165, 1.54) is 23.9 Å². The minimum atomic E-state index is -4.43. The molecule has 1 N–H and O–H groups in total. The van der Waals surface area contributed by atoms with Crippen molar-refractivity contribution < 1.29 is 23.1 Å². The number of halogens is 3. The predicted octanol–water partition coefficient (Wildman–Crippen LogP) is 6.05. The van der Waals surface area contributed by atoms with Gasteiger partial charge in [0.15, 0.2) is 0 Å². The molecule has 4 rings (SSSR count). The smallest absolute Gasteiger partial charge is 0.416 e. The Kier molecular flexibility index (Phi) is 6.58. The van der Waals surface area contributed by atoms with Crippen molar-refractivity contribution in [2.24, 2.45) is 5.92 Å². The van der Waals surface area contributed by atoms with E-state index in [2.05, 4.69) is 0 Å². The molecule has 3 aromatic carbocycles. The number of carboxylic acid groups (broad SMARTS) is 1. The molecule has 1 aliphatic rings. The lowest BCUT2D eigenvalue weighted by Gasteiger charge is -2.46. The Hall–Kier alpha value is -2.77. The molecule has 0 spiro atoms. The molecule has 0 bridgehead atoms. The lowest BCUT2D eigenvalue weighted by molar-refractivity contribution is -0.152. The van der Waals surface area contributed by atoms with Crippen LogP contribution in [-0.4, -0.2) is 34.3 Å². The average Bonchev–Trinajstić information content (AvgIpc) is 2.77. The lowest BCUT2D eigenvalue weighted by Crippen LogP contribution is -2.59. The fourth-order valence-corrected chi connectivity index (χ4v) is 5.12. The molecule has 1 saturated heterocycles. The summed E-state index contributed by atoms with van der Waals surface area (Å²) >= 11 is 1.53. The zero-order chi connectivity index (χ0) is 22.7. The van der Waals surface area contributed by atoms with Crippen LogP contribution in [0.15, 0.2) is 83.8 Å². The first-order valence-electron chi connectivity index (χ1n) is 10.2. The van der Waals surface area contributed by atoms with E-state index < -0.39 is 23.6 Å². The first-order valence-corrected chi connectivity index (χ1v) is 11.2. The molecule has 0 aromatic heterocycles. The SMILES string of the molecule is O=C(O)C1CN(Cc2ccccc2C(F)(F)F)C1CSc1ccc(-c2ccccc2)cc1. The minimum absolute atomic E-state index is 0.0810. The Morgan fingerprint density at radius 3 is 2.22 bits per heavy atom. The summed E-state index contributed by atoms with van der Waals surface area (Å²) in [6.07, 6.45) is -4.43. The maximum atomic E-state index is 13.3. The highest BCUT2D eigenvalue weighted by atomic mass is 32.2. The molecule has 0 aliphatic carbocycles. The zero-order valence-electron chi connectivity index (χ0n) is 17.1. The van der Waals surface area contributed by atoms with E-state index in [-0.39, 0.29) is 24.7 Å². The largest absolute Gasteiger partial charge is 0.481 e. The fourth-order valence-electron chi connectivity index (χ4n) is 3.98. The quantitative estimate of drug-likeness (QED) is 0.439. The van der Waals surface area contributed by atoms with Gasteiger partial charge >= 0.3 is 12.1 Å². The summed E-state index contributed by atoms with van der Waals surface area (Å²) in [5, 5.41) is 9.52. The molecule has 3 nitrogen and oxygen atoms in total. The summed E-state index contributed by atoms with van der Waals surface area (Å²) in [6, 6.07) is 23.2. The number of carbonyl (C=O) groups is 1. The van der Waals surface area contributed by atoms with Crippen molar-refractivity contribution in [3.05, 3.63) is 90.0 Å². The molecule has 166 valence electrons. The molecular weight excluding hydrogens is 435 g/mol. The Morgan fingerprint density at radius 1 is 0.938 bits per heavy atom. The Balaban J connectivity index is 1.44. The highest BCUT2D eigenvalue weighted by molar-refractivity contribution is 7.99. The van der Waals surface area contributed by atoms with E-state index in [1.807, 2.05) is 59.5 Å². The standard InChI is InChI=1S/C25H22F3NO2S/c26-25(27,28)22-9-5-4-8-19(22)14-29-15-21(24(30)31)23(29)16-32-20-12-10-18(11-13-20)17-6-2-1-3-7-17/h1-13,21,23H,14-16H2,(H,30,31). The molecule has 1 fully saturated rings. The number of nitrogens with zero attached hydrogens (tertiary/aromatic N) is 1. The Morgan fingerprint density at radius 2 is 1.56 bits per heavy atom. The molecule has 3 aromatic rings. The number of thioether (sulfide) groups is 1. The second kappa shape index (κ2) is 9.38. The van der Waals surface area contributed by atoms with Crippen molar-refractivity contribution in [2.75, 3.05) is 12.3 Å². The summed E-state index contributed by atoms with van der Waals surface area (Å²) in [7, 11) is 0. The second-order valence-electron chi connectivity index (χ2n) is 7.80. The van der Waals surface area contributed by atoms with Crippen LogP contribution in [-0.2, 0) is 17.5 Å². The van der Waals surface area contributed by atoms with Gasteiger partial charge in [0.2, 0.25) is 0 Å². The Labute approximate surface area is 188 Å². The third-order valence-corrected chi connectivity index (χ3v) is 6.87. The molecule has 2 atom stereocenters. The van der Waals surface area contributed by atoms with Crippen LogP contribution >= 0.6 is 11.8 Å². The lowest BCUT2D eigenvalue weighted by atomic mass is 9.89. The third kappa shape index (κ3) is 5.00. The van der Waals surface area contributed by atoms with E-state index in [9.17, 15) is 23.1 Å². The van der Waals surface area contributed by atoms with Crippen LogP contribution in [0.1, 0.15) is 11.1 Å². The van der Waals surface area contributed by atoms with Gasteiger partial charge in [-0.3, -0.25) is 9.69 Å². The molecular formula is C25H22F3NO2S. The molecule has 0 amide bonds. The third-order valence-electron chi connectivity index (χ3n) is 5.76. The van der Waals surface area contributed by atoms with Crippen LogP contribution in [0, 0.1) is 5.92 Å². The zero-order valence-corrected chi connectivity index (χ0v) is 17.9. The average molecular weight is 458 g/mol. The van der Waals surface area contributed by atoms with E-state index in [0.29, 0.717) is 5.75 Å². The van der Waals surface area contributed by atoms with E-state index in [4.69, 9.17) is 0 Å². The minimum Gasteiger partial charge on any atom is -0.481 e. The van der Waals surface area contributed by atoms with Gasteiger partial charge in [0, 0.05) is 29.8 Å². The summed E-state index contributed by atoms with van der Waals surface area (Å²) in [6.45, 7) is 0.331. The number of likely N-dealkylation sites (tertiary alicyclic amines) is 1. The van der Waals surface area contributed by atoms with Crippen LogP contribution in [0.4, 0.5) is 13.2 Å². The first kappa shape index (κ1) is 22.4. The van der Waals surface area contributed by atoms with Gasteiger partial charge < -0.3 is 5.11 Å². The van der Waals surface area contributed by atoms with Gasteiger partial charge in [0.05, 0.1) is 11.5 Å². The summed E-state index contributed by atoms with van der Waals surface area (Å²) in [4.78, 5) is 14.4. The maximum absolute atomic E-state index is 13.3. The molecule has 7 heteroatoms. The summed E-state index contributed by atoms with van der Waals surface area (Å²) < 4.78 is 40.0. The number of benzene rings is 3. The van der Waals surface area contributed by atoms with Gasteiger partial charge in [-0.15, -0.1) is 11.8 Å². The van der Waals surface area contributed by atoms with Gasteiger partial charge in [-0.05, 0) is 34.9 Å². The predicted molar refractivity (Wildman–Crippen MR) is 119 cm³/mol. The molecule has 1 aliphatic heterocycles. The topological polar surface area (TPSA) is 40.5 Å². The second-order valence-corrected chi connectivity index (χ2v) is 8.89. The van der Waals surface area contributed by atoms with Crippen LogP contribution in [0.2, 0.25) is 0 Å². The molecule has 0 radical (unpaired) electrons. The summed E-state index contributed by atoms with van der Waals surface area (Å²) in [5.41, 5.74) is 1.71. The fraction of sp³-hybridized carbons (Fsp3) is 0.240. The number of carboxylic acids is 1. The highest BCUT2D eigenvalue weighted by Gasteiger charge is 2.44. The van der Waals surface area contributed by atoms with Crippen molar-refractivity contribution in [1.29, 1.82) is 0 Å². The molecule has 0 saturated carbocycles. The van der Waals surface area contributed by atoms with Crippen LogP contribution < -0.4 is 0 Å². The first-order chi connectivity index (χ1) is 15.3. The van der Waals surface area contributed by atoms with Crippen molar-refractivity contribution in [3.63, 3.8) is 0 Å². The number of alkyl halides is 3. The number of hydrogen-bond acceptors (Lipinski definition) is 3. The van der Waals surface area contributed by atoms with Gasteiger partial charge in [0.25, 0.3) is 0 Å². The van der Waals surface area contributed by atoms with Crippen molar-refractivity contribution in [3.8, 4) is 11.1 Å². The number of rotatable bonds is 7. The monoisotopic (exact) mass is 457 g/mol. The van der Waals surface area contributed by atoms with Crippen molar-refractivity contribution in [2.45, 2.75) is 23.7 Å².